The first-order chi connectivity index (χ1) is 13.0. The largest absolute Gasteiger partial charge is 0.418 e. The molecule has 0 radical (unpaired) electrons. The summed E-state index contributed by atoms with van der Waals surface area (Å²) in [6.07, 6.45) is -2.23. The zero-order chi connectivity index (χ0) is 20.7. The number of hydrogen-bond acceptors (Lipinski definition) is 3. The molecule has 1 spiro atoms. The van der Waals surface area contributed by atoms with Crippen LogP contribution < -0.4 is 10.6 Å². The maximum atomic E-state index is 13.1. The monoisotopic (exact) mass is 417 g/mol. The first-order valence-corrected chi connectivity index (χ1v) is 9.20. The average molecular weight is 418 g/mol. The number of benzene rings is 1. The smallest absolute Gasteiger partial charge is 0.324 e. The maximum Gasteiger partial charge on any atom is 0.418 e. The van der Waals surface area contributed by atoms with Gasteiger partial charge in [0.15, 0.2) is 0 Å². The lowest BCUT2D eigenvalue weighted by Crippen LogP contribution is -2.49. The van der Waals surface area contributed by atoms with Gasteiger partial charge >= 0.3 is 12.2 Å². The summed E-state index contributed by atoms with van der Waals surface area (Å²) in [5.41, 5.74) is -2.61. The van der Waals surface area contributed by atoms with Crippen LogP contribution in [0.4, 0.5) is 23.7 Å². The third-order valence-corrected chi connectivity index (χ3v) is 5.47. The lowest BCUT2D eigenvalue weighted by Gasteiger charge is -2.33. The van der Waals surface area contributed by atoms with Crippen molar-refractivity contribution in [3.05, 3.63) is 28.8 Å². The van der Waals surface area contributed by atoms with Gasteiger partial charge in [0.05, 0.1) is 11.3 Å². The van der Waals surface area contributed by atoms with Crippen LogP contribution in [0.1, 0.15) is 38.2 Å². The Hall–Kier alpha value is -2.29. The summed E-state index contributed by atoms with van der Waals surface area (Å²) < 4.78 is 39.4. The second kappa shape index (κ2) is 7.27. The average Bonchev–Trinajstić information content (AvgIpc) is 2.83. The summed E-state index contributed by atoms with van der Waals surface area (Å²) in [7, 11) is 0. The molecule has 1 aliphatic carbocycles. The van der Waals surface area contributed by atoms with Crippen LogP contribution in [-0.4, -0.2) is 34.8 Å². The standard InChI is InChI=1S/C18H19ClF3N3O3/c1-10-4-6-17(7-5-10)15(27)25(16(28)24-17)9-14(26)23-13-3-2-11(19)8-12(13)18(20,21)22/h2-3,8,10H,4-7,9H2,1H3,(H,23,26)(H,24,28). The fourth-order valence-corrected chi connectivity index (χ4v) is 3.78. The molecule has 2 fully saturated rings. The Morgan fingerprint density at radius 2 is 1.96 bits per heavy atom. The molecule has 1 aliphatic heterocycles. The highest BCUT2D eigenvalue weighted by Crippen LogP contribution is 2.37. The van der Waals surface area contributed by atoms with Crippen molar-refractivity contribution in [3.8, 4) is 0 Å². The number of alkyl halides is 3. The van der Waals surface area contributed by atoms with E-state index in [9.17, 15) is 27.6 Å². The predicted octanol–water partition coefficient (Wildman–Crippen LogP) is 3.80. The fourth-order valence-electron chi connectivity index (χ4n) is 3.61. The molecule has 4 amide bonds. The van der Waals surface area contributed by atoms with Crippen molar-refractivity contribution in [2.24, 2.45) is 5.92 Å². The van der Waals surface area contributed by atoms with Crippen LogP contribution in [0.3, 0.4) is 0 Å². The van der Waals surface area contributed by atoms with Crippen LogP contribution in [0, 0.1) is 5.92 Å². The first kappa shape index (κ1) is 20.4. The van der Waals surface area contributed by atoms with Gasteiger partial charge in [0, 0.05) is 5.02 Å². The second-order valence-corrected chi connectivity index (χ2v) is 7.76. The molecule has 1 aromatic rings. The Morgan fingerprint density at radius 3 is 2.57 bits per heavy atom. The van der Waals surface area contributed by atoms with Crippen molar-refractivity contribution >= 4 is 35.1 Å². The minimum Gasteiger partial charge on any atom is -0.324 e. The summed E-state index contributed by atoms with van der Waals surface area (Å²) in [5.74, 6) is -0.970. The molecule has 6 nitrogen and oxygen atoms in total. The van der Waals surface area contributed by atoms with Gasteiger partial charge in [-0.25, -0.2) is 4.79 Å². The van der Waals surface area contributed by atoms with Crippen LogP contribution in [0.2, 0.25) is 5.02 Å². The molecule has 0 bridgehead atoms. The number of carbonyl (C=O) groups excluding carboxylic acids is 3. The number of nitrogens with one attached hydrogen (secondary N) is 2. The van der Waals surface area contributed by atoms with Gasteiger partial charge in [-0.3, -0.25) is 14.5 Å². The molecule has 1 saturated carbocycles. The predicted molar refractivity (Wildman–Crippen MR) is 95.7 cm³/mol. The van der Waals surface area contributed by atoms with E-state index in [2.05, 4.69) is 17.6 Å². The van der Waals surface area contributed by atoms with Crippen molar-refractivity contribution in [1.29, 1.82) is 0 Å². The number of amides is 4. The lowest BCUT2D eigenvalue weighted by molar-refractivity contribution is -0.137. The number of halogens is 4. The van der Waals surface area contributed by atoms with Crippen molar-refractivity contribution in [3.63, 3.8) is 0 Å². The Labute approximate surface area is 164 Å². The van der Waals surface area contributed by atoms with Gasteiger partial charge in [0.1, 0.15) is 12.1 Å². The molecular weight excluding hydrogens is 399 g/mol. The number of anilines is 1. The summed E-state index contributed by atoms with van der Waals surface area (Å²) in [4.78, 5) is 38.0. The summed E-state index contributed by atoms with van der Waals surface area (Å²) >= 11 is 5.61. The zero-order valence-electron chi connectivity index (χ0n) is 15.0. The molecule has 10 heteroatoms. The normalized spacial score (nSPS) is 25.2. The van der Waals surface area contributed by atoms with Crippen LogP contribution in [0.15, 0.2) is 18.2 Å². The summed E-state index contributed by atoms with van der Waals surface area (Å²) in [6, 6.07) is 2.22. The Kier molecular flexibility index (Phi) is 5.31. The van der Waals surface area contributed by atoms with Gasteiger partial charge in [0.2, 0.25) is 5.91 Å². The van der Waals surface area contributed by atoms with Crippen LogP contribution in [-0.2, 0) is 15.8 Å². The Balaban J connectivity index is 1.72. The highest BCUT2D eigenvalue weighted by molar-refractivity contribution is 6.30. The highest BCUT2D eigenvalue weighted by Gasteiger charge is 2.52. The second-order valence-electron chi connectivity index (χ2n) is 7.32. The molecule has 3 rings (SSSR count). The number of carbonyl (C=O) groups is 3. The van der Waals surface area contributed by atoms with Crippen molar-refractivity contribution in [2.45, 2.75) is 44.3 Å². The van der Waals surface area contributed by atoms with E-state index >= 15 is 0 Å². The Bertz CT molecular complexity index is 820. The van der Waals surface area contributed by atoms with Crippen molar-refractivity contribution in [2.75, 3.05) is 11.9 Å². The number of nitrogens with zero attached hydrogens (tertiary/aromatic N) is 1. The van der Waals surface area contributed by atoms with Crippen LogP contribution >= 0.6 is 11.6 Å². The molecule has 28 heavy (non-hydrogen) atoms. The summed E-state index contributed by atoms with van der Waals surface area (Å²) in [6.45, 7) is 1.39. The van der Waals surface area contributed by atoms with Gasteiger partial charge in [-0.2, -0.15) is 13.2 Å². The molecule has 0 atom stereocenters. The van der Waals surface area contributed by atoms with Gasteiger partial charge in [-0.1, -0.05) is 18.5 Å². The zero-order valence-corrected chi connectivity index (χ0v) is 15.8. The third kappa shape index (κ3) is 3.94. The van der Waals surface area contributed by atoms with Crippen LogP contribution in [0.5, 0.6) is 0 Å². The van der Waals surface area contributed by atoms with E-state index in [1.807, 2.05) is 0 Å². The van der Waals surface area contributed by atoms with Crippen LogP contribution in [0.25, 0.3) is 0 Å². The van der Waals surface area contributed by atoms with E-state index in [1.54, 1.807) is 0 Å². The summed E-state index contributed by atoms with van der Waals surface area (Å²) in [5, 5.41) is 4.65. The first-order valence-electron chi connectivity index (χ1n) is 8.82. The Morgan fingerprint density at radius 1 is 1.32 bits per heavy atom. The number of hydrogen-bond donors (Lipinski definition) is 2. The highest BCUT2D eigenvalue weighted by atomic mass is 35.5. The lowest BCUT2D eigenvalue weighted by atomic mass is 9.77. The minimum atomic E-state index is -4.72. The molecule has 0 unspecified atom stereocenters. The van der Waals surface area contributed by atoms with Gasteiger partial charge in [-0.05, 0) is 49.8 Å². The van der Waals surface area contributed by atoms with E-state index < -0.39 is 47.4 Å². The van der Waals surface area contributed by atoms with E-state index in [1.165, 1.54) is 6.07 Å². The molecule has 1 saturated heterocycles. The third-order valence-electron chi connectivity index (χ3n) is 5.24. The molecule has 2 aliphatic rings. The van der Waals surface area contributed by atoms with Gasteiger partial charge in [-0.15, -0.1) is 0 Å². The molecule has 1 heterocycles. The van der Waals surface area contributed by atoms with Crippen molar-refractivity contribution in [1.82, 2.24) is 10.2 Å². The van der Waals surface area contributed by atoms with E-state index in [-0.39, 0.29) is 5.02 Å². The van der Waals surface area contributed by atoms with E-state index in [0.717, 1.165) is 23.8 Å². The SMILES string of the molecule is CC1CCC2(CC1)NC(=O)N(CC(=O)Nc1ccc(Cl)cc1C(F)(F)F)C2=O. The fraction of sp³-hybridized carbons (Fsp3) is 0.500. The topological polar surface area (TPSA) is 78.5 Å². The number of urea groups is 1. The van der Waals surface area contributed by atoms with E-state index in [4.69, 9.17) is 11.6 Å². The molecular formula is C18H19ClF3N3O3. The molecule has 152 valence electrons. The minimum absolute atomic E-state index is 0.132. The molecule has 2 N–H and O–H groups in total. The number of rotatable bonds is 3. The number of imide groups is 1. The quantitative estimate of drug-likeness (QED) is 0.734. The molecule has 1 aromatic carbocycles. The van der Waals surface area contributed by atoms with E-state index in [0.29, 0.717) is 24.8 Å². The maximum absolute atomic E-state index is 13.1. The van der Waals surface area contributed by atoms with Gasteiger partial charge < -0.3 is 10.6 Å². The van der Waals surface area contributed by atoms with Crippen molar-refractivity contribution < 1.29 is 27.6 Å². The van der Waals surface area contributed by atoms with Gasteiger partial charge in [0.25, 0.3) is 5.91 Å². The molecule has 0 aromatic heterocycles.